The van der Waals surface area contributed by atoms with Crippen molar-refractivity contribution in [3.8, 4) is 0 Å². The molecule has 1 fully saturated rings. The first-order valence-corrected chi connectivity index (χ1v) is 8.02. The lowest BCUT2D eigenvalue weighted by Crippen LogP contribution is -2.51. The van der Waals surface area contributed by atoms with Crippen LogP contribution in [0.25, 0.3) is 0 Å². The first kappa shape index (κ1) is 17.8. The van der Waals surface area contributed by atoms with Gasteiger partial charge < -0.3 is 20.4 Å². The number of carbonyl (C=O) groups is 3. The zero-order chi connectivity index (χ0) is 17.7. The maximum absolute atomic E-state index is 12.3. The summed E-state index contributed by atoms with van der Waals surface area (Å²) in [4.78, 5) is 39.1. The fourth-order valence-electron chi connectivity index (χ4n) is 2.69. The van der Waals surface area contributed by atoms with Gasteiger partial charge in [-0.3, -0.25) is 14.4 Å². The zero-order valence-corrected chi connectivity index (χ0v) is 14.4. The minimum atomic E-state index is -0.191. The van der Waals surface area contributed by atoms with Gasteiger partial charge in [0.2, 0.25) is 11.8 Å². The molecule has 1 saturated heterocycles. The minimum absolute atomic E-state index is 0.0371. The van der Waals surface area contributed by atoms with Gasteiger partial charge in [-0.1, -0.05) is 11.6 Å². The Hall–Kier alpha value is -2.57. The number of benzene rings is 1. The van der Waals surface area contributed by atoms with Crippen LogP contribution in [0.4, 0.5) is 5.69 Å². The van der Waals surface area contributed by atoms with E-state index in [0.29, 0.717) is 37.4 Å². The highest BCUT2D eigenvalue weighted by atomic mass is 16.2. The number of carbonyl (C=O) groups excluding carboxylic acids is 3. The minimum Gasteiger partial charge on any atom is -0.376 e. The normalized spacial score (nSPS) is 14.3. The molecular weight excluding hydrogens is 308 g/mol. The van der Waals surface area contributed by atoms with Gasteiger partial charge in [0, 0.05) is 45.8 Å². The van der Waals surface area contributed by atoms with Crippen molar-refractivity contribution in [2.45, 2.75) is 13.8 Å². The molecule has 1 aliphatic rings. The molecule has 1 aliphatic heterocycles. The largest absolute Gasteiger partial charge is 0.376 e. The van der Waals surface area contributed by atoms with Gasteiger partial charge in [-0.2, -0.15) is 0 Å². The Balaban J connectivity index is 1.95. The van der Waals surface area contributed by atoms with Crippen molar-refractivity contribution in [3.63, 3.8) is 0 Å². The number of amides is 3. The molecule has 0 aliphatic carbocycles. The van der Waals surface area contributed by atoms with Crippen molar-refractivity contribution in [1.82, 2.24) is 15.1 Å². The summed E-state index contributed by atoms with van der Waals surface area (Å²) in [6.45, 7) is 5.77. The average molecular weight is 332 g/mol. The molecule has 130 valence electrons. The molecule has 3 amide bonds. The van der Waals surface area contributed by atoms with E-state index in [-0.39, 0.29) is 24.3 Å². The zero-order valence-electron chi connectivity index (χ0n) is 14.4. The Bertz CT molecular complexity index is 637. The van der Waals surface area contributed by atoms with Gasteiger partial charge >= 0.3 is 0 Å². The lowest BCUT2D eigenvalue weighted by molar-refractivity contribution is -0.137. The van der Waals surface area contributed by atoms with E-state index in [1.165, 1.54) is 6.92 Å². The van der Waals surface area contributed by atoms with Gasteiger partial charge in [0.05, 0.1) is 12.1 Å². The van der Waals surface area contributed by atoms with Crippen molar-refractivity contribution < 1.29 is 14.4 Å². The molecule has 2 N–H and O–H groups in total. The fourth-order valence-corrected chi connectivity index (χ4v) is 2.69. The number of hydrogen-bond donors (Lipinski definition) is 2. The lowest BCUT2D eigenvalue weighted by atomic mass is 10.1. The molecule has 0 aromatic heterocycles. The monoisotopic (exact) mass is 332 g/mol. The summed E-state index contributed by atoms with van der Waals surface area (Å²) < 4.78 is 0. The van der Waals surface area contributed by atoms with E-state index < -0.39 is 0 Å². The van der Waals surface area contributed by atoms with Crippen LogP contribution >= 0.6 is 0 Å². The molecule has 2 rings (SSSR count). The molecule has 0 saturated carbocycles. The van der Waals surface area contributed by atoms with E-state index in [0.717, 1.165) is 5.56 Å². The predicted octanol–water partition coefficient (Wildman–Crippen LogP) is 0.457. The van der Waals surface area contributed by atoms with Crippen molar-refractivity contribution in [1.29, 1.82) is 0 Å². The van der Waals surface area contributed by atoms with Crippen LogP contribution < -0.4 is 10.6 Å². The summed E-state index contributed by atoms with van der Waals surface area (Å²) in [5, 5.41) is 5.66. The fraction of sp³-hybridized carbons (Fsp3) is 0.471. The number of aryl methyl sites for hydroxylation is 1. The van der Waals surface area contributed by atoms with E-state index in [2.05, 4.69) is 10.6 Å². The van der Waals surface area contributed by atoms with Crippen LogP contribution in [-0.4, -0.2) is 67.3 Å². The third kappa shape index (κ3) is 4.24. The van der Waals surface area contributed by atoms with Crippen molar-refractivity contribution in [2.24, 2.45) is 0 Å². The second kappa shape index (κ2) is 7.81. The molecule has 24 heavy (non-hydrogen) atoms. The number of nitrogens with zero attached hydrogens (tertiary/aromatic N) is 2. The van der Waals surface area contributed by atoms with Crippen molar-refractivity contribution in [2.75, 3.05) is 45.1 Å². The Labute approximate surface area is 142 Å². The third-order valence-electron chi connectivity index (χ3n) is 4.15. The molecule has 1 aromatic carbocycles. The van der Waals surface area contributed by atoms with Crippen LogP contribution in [0.3, 0.4) is 0 Å². The van der Waals surface area contributed by atoms with Gasteiger partial charge in [0.25, 0.3) is 5.91 Å². The number of anilines is 1. The van der Waals surface area contributed by atoms with Crippen LogP contribution in [0.5, 0.6) is 0 Å². The van der Waals surface area contributed by atoms with E-state index in [1.807, 2.05) is 13.0 Å². The highest BCUT2D eigenvalue weighted by Crippen LogP contribution is 2.17. The van der Waals surface area contributed by atoms with E-state index in [1.54, 1.807) is 29.0 Å². The number of hydrogen-bond acceptors (Lipinski definition) is 4. The number of piperazine rings is 1. The maximum Gasteiger partial charge on any atom is 0.253 e. The van der Waals surface area contributed by atoms with Gasteiger partial charge in [0.1, 0.15) is 0 Å². The molecule has 1 heterocycles. The van der Waals surface area contributed by atoms with Crippen molar-refractivity contribution in [3.05, 3.63) is 29.3 Å². The lowest BCUT2D eigenvalue weighted by Gasteiger charge is -2.34. The summed E-state index contributed by atoms with van der Waals surface area (Å²) in [6, 6.07) is 5.49. The smallest absolute Gasteiger partial charge is 0.253 e. The first-order chi connectivity index (χ1) is 11.4. The topological polar surface area (TPSA) is 81.8 Å². The summed E-state index contributed by atoms with van der Waals surface area (Å²) in [6.07, 6.45) is 0. The predicted molar refractivity (Wildman–Crippen MR) is 91.9 cm³/mol. The van der Waals surface area contributed by atoms with E-state index >= 15 is 0 Å². The SMILES string of the molecule is CNC(=O)c1cc(C)ccc1NCC(=O)N1CCN(C(C)=O)CC1. The molecule has 0 spiro atoms. The summed E-state index contributed by atoms with van der Waals surface area (Å²) in [5.41, 5.74) is 2.13. The molecule has 1 aromatic rings. The van der Waals surface area contributed by atoms with Crippen molar-refractivity contribution >= 4 is 23.4 Å². The van der Waals surface area contributed by atoms with Gasteiger partial charge in [0.15, 0.2) is 0 Å². The Morgan fingerprint density at radius 2 is 1.71 bits per heavy atom. The van der Waals surface area contributed by atoms with Crippen LogP contribution in [0.15, 0.2) is 18.2 Å². The van der Waals surface area contributed by atoms with Crippen LogP contribution in [-0.2, 0) is 9.59 Å². The first-order valence-electron chi connectivity index (χ1n) is 8.02. The second-order valence-electron chi connectivity index (χ2n) is 5.87. The highest BCUT2D eigenvalue weighted by Gasteiger charge is 2.22. The number of rotatable bonds is 4. The average Bonchev–Trinajstić information content (AvgIpc) is 2.59. The maximum atomic E-state index is 12.3. The van der Waals surface area contributed by atoms with Gasteiger partial charge in [-0.15, -0.1) is 0 Å². The molecule has 7 nitrogen and oxygen atoms in total. The molecular formula is C17H24N4O3. The summed E-state index contributed by atoms with van der Waals surface area (Å²) in [5.74, 6) is -0.194. The van der Waals surface area contributed by atoms with Crippen LogP contribution in [0.2, 0.25) is 0 Å². The third-order valence-corrected chi connectivity index (χ3v) is 4.15. The quantitative estimate of drug-likeness (QED) is 0.839. The molecule has 0 radical (unpaired) electrons. The van der Waals surface area contributed by atoms with Gasteiger partial charge in [-0.05, 0) is 19.1 Å². The summed E-state index contributed by atoms with van der Waals surface area (Å²) >= 11 is 0. The molecule has 7 heteroatoms. The Morgan fingerprint density at radius 3 is 2.29 bits per heavy atom. The molecule has 0 atom stereocenters. The van der Waals surface area contributed by atoms with Crippen LogP contribution in [0, 0.1) is 6.92 Å². The van der Waals surface area contributed by atoms with Gasteiger partial charge in [-0.25, -0.2) is 0 Å². The molecule has 0 bridgehead atoms. The number of nitrogens with one attached hydrogen (secondary N) is 2. The van der Waals surface area contributed by atoms with E-state index in [4.69, 9.17) is 0 Å². The Kier molecular flexibility index (Phi) is 5.78. The Morgan fingerprint density at radius 1 is 1.08 bits per heavy atom. The highest BCUT2D eigenvalue weighted by molar-refractivity contribution is 6.00. The van der Waals surface area contributed by atoms with Crippen LogP contribution in [0.1, 0.15) is 22.8 Å². The summed E-state index contributed by atoms with van der Waals surface area (Å²) in [7, 11) is 1.58. The standard InChI is InChI=1S/C17H24N4O3/c1-12-4-5-15(14(10-12)17(24)18-3)19-11-16(23)21-8-6-20(7-9-21)13(2)22/h4-5,10,19H,6-9,11H2,1-3H3,(H,18,24). The molecule has 0 unspecified atom stereocenters. The second-order valence-corrected chi connectivity index (χ2v) is 5.87. The van der Waals surface area contributed by atoms with E-state index in [9.17, 15) is 14.4 Å².